The van der Waals surface area contributed by atoms with Crippen LogP contribution in [0.1, 0.15) is 32.3 Å². The van der Waals surface area contributed by atoms with Crippen molar-refractivity contribution >= 4 is 5.96 Å². The Morgan fingerprint density at radius 3 is 2.73 bits per heavy atom. The maximum atomic E-state index is 5.97. The first-order valence-electron chi connectivity index (χ1n) is 9.53. The first-order chi connectivity index (χ1) is 12.5. The van der Waals surface area contributed by atoms with Gasteiger partial charge in [0.05, 0.1) is 6.54 Å². The van der Waals surface area contributed by atoms with Crippen molar-refractivity contribution in [1.82, 2.24) is 15.5 Å². The Balaban J connectivity index is 1.71. The van der Waals surface area contributed by atoms with Gasteiger partial charge in [-0.3, -0.25) is 9.89 Å². The maximum Gasteiger partial charge on any atom is 0.191 e. The van der Waals surface area contributed by atoms with Crippen LogP contribution in [0.2, 0.25) is 0 Å². The second-order valence-corrected chi connectivity index (χ2v) is 7.35. The van der Waals surface area contributed by atoms with E-state index in [1.54, 1.807) is 0 Å². The molecular formula is C21H34N4O. The molecule has 1 atom stereocenters. The summed E-state index contributed by atoms with van der Waals surface area (Å²) in [4.78, 5) is 6.82. The lowest BCUT2D eigenvalue weighted by Crippen LogP contribution is -2.50. The molecule has 0 saturated carbocycles. The largest absolute Gasteiger partial charge is 0.489 e. The molecule has 144 valence electrons. The van der Waals surface area contributed by atoms with E-state index in [4.69, 9.17) is 4.74 Å². The van der Waals surface area contributed by atoms with Crippen LogP contribution < -0.4 is 15.4 Å². The number of aryl methyl sites for hydroxylation is 1. The van der Waals surface area contributed by atoms with Gasteiger partial charge < -0.3 is 15.4 Å². The van der Waals surface area contributed by atoms with Gasteiger partial charge in [-0.25, -0.2) is 0 Å². The molecule has 2 rings (SSSR count). The van der Waals surface area contributed by atoms with Gasteiger partial charge in [-0.2, -0.15) is 0 Å². The highest BCUT2D eigenvalue weighted by atomic mass is 16.5. The summed E-state index contributed by atoms with van der Waals surface area (Å²) in [6.45, 7) is 14.2. The minimum absolute atomic E-state index is 0.0627. The van der Waals surface area contributed by atoms with Crippen LogP contribution in [-0.2, 0) is 0 Å². The molecule has 1 aliphatic heterocycles. The van der Waals surface area contributed by atoms with Gasteiger partial charge in [0.25, 0.3) is 0 Å². The number of hydrogen-bond acceptors (Lipinski definition) is 3. The van der Waals surface area contributed by atoms with E-state index in [0.717, 1.165) is 44.2 Å². The van der Waals surface area contributed by atoms with Crippen LogP contribution in [0.4, 0.5) is 0 Å². The molecule has 1 fully saturated rings. The molecule has 1 heterocycles. The molecule has 0 aromatic heterocycles. The Labute approximate surface area is 158 Å². The average molecular weight is 359 g/mol. The Bertz CT molecular complexity index is 606. The topological polar surface area (TPSA) is 48.9 Å². The molecule has 0 bridgehead atoms. The maximum absolute atomic E-state index is 5.97. The van der Waals surface area contributed by atoms with Crippen molar-refractivity contribution < 1.29 is 4.74 Å². The number of rotatable bonds is 7. The molecule has 1 aliphatic rings. The third-order valence-corrected chi connectivity index (χ3v) is 4.53. The Hall–Kier alpha value is -2.01. The summed E-state index contributed by atoms with van der Waals surface area (Å²) < 4.78 is 5.97. The molecular weight excluding hydrogens is 324 g/mol. The Morgan fingerprint density at radius 1 is 1.38 bits per heavy atom. The summed E-state index contributed by atoms with van der Waals surface area (Å²) in [5.41, 5.74) is 2.44. The van der Waals surface area contributed by atoms with Gasteiger partial charge in [0, 0.05) is 32.7 Å². The fourth-order valence-electron chi connectivity index (χ4n) is 3.21. The highest BCUT2D eigenvalue weighted by Crippen LogP contribution is 2.14. The van der Waals surface area contributed by atoms with Gasteiger partial charge in [0.2, 0.25) is 0 Å². The summed E-state index contributed by atoms with van der Waals surface area (Å²) in [6, 6.07) is 8.61. The number of benzene rings is 1. The molecule has 0 amide bonds. The Morgan fingerprint density at radius 2 is 2.12 bits per heavy atom. The number of guanidine groups is 1. The summed E-state index contributed by atoms with van der Waals surface area (Å²) in [7, 11) is 1.82. The molecule has 0 radical (unpaired) electrons. The van der Waals surface area contributed by atoms with Crippen molar-refractivity contribution in [3.05, 3.63) is 42.0 Å². The van der Waals surface area contributed by atoms with Crippen molar-refractivity contribution in [2.24, 2.45) is 4.99 Å². The summed E-state index contributed by atoms with van der Waals surface area (Å²) in [6.07, 6.45) is 2.32. The van der Waals surface area contributed by atoms with E-state index >= 15 is 0 Å². The molecule has 0 spiro atoms. The molecule has 2 N–H and O–H groups in total. The third-order valence-electron chi connectivity index (χ3n) is 4.53. The van der Waals surface area contributed by atoms with Gasteiger partial charge in [-0.1, -0.05) is 24.3 Å². The van der Waals surface area contributed by atoms with Crippen molar-refractivity contribution in [2.75, 3.05) is 33.2 Å². The van der Waals surface area contributed by atoms with Crippen molar-refractivity contribution in [3.8, 4) is 5.75 Å². The lowest BCUT2D eigenvalue weighted by Gasteiger charge is -2.33. The van der Waals surface area contributed by atoms with Crippen molar-refractivity contribution in [3.63, 3.8) is 0 Å². The van der Waals surface area contributed by atoms with E-state index in [1.165, 1.54) is 11.1 Å². The second-order valence-electron chi connectivity index (χ2n) is 7.35. The highest BCUT2D eigenvalue weighted by molar-refractivity contribution is 5.80. The first kappa shape index (κ1) is 20.3. The zero-order chi connectivity index (χ0) is 18.9. The molecule has 26 heavy (non-hydrogen) atoms. The first-order valence-corrected chi connectivity index (χ1v) is 9.53. The van der Waals surface area contributed by atoms with Gasteiger partial charge in [0.1, 0.15) is 11.9 Å². The molecule has 1 unspecified atom stereocenters. The lowest BCUT2D eigenvalue weighted by molar-refractivity contribution is 0.216. The van der Waals surface area contributed by atoms with Crippen molar-refractivity contribution in [1.29, 1.82) is 0 Å². The van der Waals surface area contributed by atoms with Gasteiger partial charge in [-0.05, 0) is 51.3 Å². The fourth-order valence-corrected chi connectivity index (χ4v) is 3.21. The molecule has 5 heteroatoms. The van der Waals surface area contributed by atoms with Crippen LogP contribution >= 0.6 is 0 Å². The number of aliphatic imine (C=N–C) groups is 1. The quantitative estimate of drug-likeness (QED) is 0.447. The van der Waals surface area contributed by atoms with Crippen LogP contribution in [0.15, 0.2) is 41.4 Å². The van der Waals surface area contributed by atoms with Gasteiger partial charge in [-0.15, -0.1) is 0 Å². The number of hydrogen-bond donors (Lipinski definition) is 2. The monoisotopic (exact) mass is 358 g/mol. The van der Waals surface area contributed by atoms with Gasteiger partial charge in [0.15, 0.2) is 5.96 Å². The van der Waals surface area contributed by atoms with Crippen molar-refractivity contribution in [2.45, 2.75) is 45.8 Å². The lowest BCUT2D eigenvalue weighted by atomic mass is 10.0. The second kappa shape index (κ2) is 10.2. The van der Waals surface area contributed by atoms with Gasteiger partial charge >= 0.3 is 0 Å². The number of nitrogens with zero attached hydrogens (tertiary/aromatic N) is 2. The highest BCUT2D eigenvalue weighted by Gasteiger charge is 2.20. The van der Waals surface area contributed by atoms with E-state index in [0.29, 0.717) is 12.6 Å². The standard InChI is InChI=1S/C21H34N4O/c1-16(2)15-25-11-9-19(10-12-25)24-21(22-5)23-14-18(4)26-20-8-6-7-17(3)13-20/h6-8,13,18-19H,1,9-12,14-15H2,2-5H3,(H2,22,23,24). The molecule has 1 aromatic carbocycles. The number of ether oxygens (including phenoxy) is 1. The predicted molar refractivity (Wildman–Crippen MR) is 110 cm³/mol. The van der Waals surface area contributed by atoms with Crippen LogP contribution in [-0.4, -0.2) is 56.2 Å². The minimum Gasteiger partial charge on any atom is -0.489 e. The summed E-state index contributed by atoms with van der Waals surface area (Å²) in [5, 5.41) is 6.92. The van der Waals surface area contributed by atoms with E-state index in [1.807, 2.05) is 19.2 Å². The molecule has 1 saturated heterocycles. The molecule has 5 nitrogen and oxygen atoms in total. The summed E-state index contributed by atoms with van der Waals surface area (Å²) in [5.74, 6) is 1.76. The van der Waals surface area contributed by atoms with Crippen LogP contribution in [0.3, 0.4) is 0 Å². The number of piperidine rings is 1. The smallest absolute Gasteiger partial charge is 0.191 e. The SMILES string of the molecule is C=C(C)CN1CCC(NC(=NC)NCC(C)Oc2cccc(C)c2)CC1. The summed E-state index contributed by atoms with van der Waals surface area (Å²) >= 11 is 0. The van der Waals surface area contributed by atoms with Crippen LogP contribution in [0, 0.1) is 6.92 Å². The average Bonchev–Trinajstić information content (AvgIpc) is 2.59. The third kappa shape index (κ3) is 7.08. The van der Waals surface area contributed by atoms with E-state index in [9.17, 15) is 0 Å². The zero-order valence-electron chi connectivity index (χ0n) is 16.7. The molecule has 1 aromatic rings. The zero-order valence-corrected chi connectivity index (χ0v) is 16.7. The fraction of sp³-hybridized carbons (Fsp3) is 0.571. The predicted octanol–water partition coefficient (Wildman–Crippen LogP) is 2.97. The van der Waals surface area contributed by atoms with E-state index in [-0.39, 0.29) is 6.10 Å². The number of nitrogens with one attached hydrogen (secondary N) is 2. The Kier molecular flexibility index (Phi) is 7.98. The molecule has 0 aliphatic carbocycles. The van der Waals surface area contributed by atoms with Crippen LogP contribution in [0.25, 0.3) is 0 Å². The van der Waals surface area contributed by atoms with E-state index in [2.05, 4.69) is 60.0 Å². The minimum atomic E-state index is 0.0627. The van der Waals surface area contributed by atoms with Crippen LogP contribution in [0.5, 0.6) is 5.75 Å². The number of likely N-dealkylation sites (tertiary alicyclic amines) is 1. The normalized spacial score (nSPS) is 17.6. The van der Waals surface area contributed by atoms with E-state index < -0.39 is 0 Å².